The van der Waals surface area contributed by atoms with Gasteiger partial charge in [0.25, 0.3) is 0 Å². The number of aryl methyl sites for hydroxylation is 1. The summed E-state index contributed by atoms with van der Waals surface area (Å²) in [7, 11) is 1.65. The van der Waals surface area contributed by atoms with Crippen LogP contribution in [0.1, 0.15) is 30.1 Å². The fourth-order valence-electron chi connectivity index (χ4n) is 1.47. The molecule has 1 aromatic rings. The Hall–Kier alpha value is -1.10. The second-order valence-electron chi connectivity index (χ2n) is 3.73. The molecule has 0 aliphatic heterocycles. The summed E-state index contributed by atoms with van der Waals surface area (Å²) in [6, 6.07) is 3.31. The molecule has 16 heavy (non-hydrogen) atoms. The number of hydrogen-bond donors (Lipinski definition) is 1. The molecule has 0 aliphatic carbocycles. The topological polar surface area (TPSA) is 24.9 Å². The fraction of sp³-hybridized carbons (Fsp3) is 0.545. The van der Waals surface area contributed by atoms with Crippen LogP contribution in [0.4, 0.5) is 13.2 Å². The van der Waals surface area contributed by atoms with Crippen molar-refractivity contribution in [3.63, 3.8) is 0 Å². The SMILES string of the molecule is CNC(CCC(F)(F)F)c1ccc(C)nc1. The summed E-state index contributed by atoms with van der Waals surface area (Å²) < 4.78 is 36.3. The van der Waals surface area contributed by atoms with Crippen molar-refractivity contribution < 1.29 is 13.2 Å². The van der Waals surface area contributed by atoms with Gasteiger partial charge < -0.3 is 5.32 Å². The molecule has 1 atom stereocenters. The highest BCUT2D eigenvalue weighted by molar-refractivity contribution is 5.17. The minimum Gasteiger partial charge on any atom is -0.313 e. The van der Waals surface area contributed by atoms with Crippen LogP contribution in [0.5, 0.6) is 0 Å². The summed E-state index contributed by atoms with van der Waals surface area (Å²) in [5.74, 6) is 0. The third-order valence-electron chi connectivity index (χ3n) is 2.40. The van der Waals surface area contributed by atoms with Crippen molar-refractivity contribution in [2.45, 2.75) is 32.0 Å². The molecule has 1 N–H and O–H groups in total. The predicted octanol–water partition coefficient (Wildman–Crippen LogP) is 2.99. The Morgan fingerprint density at radius 1 is 1.38 bits per heavy atom. The number of alkyl halides is 3. The van der Waals surface area contributed by atoms with Crippen LogP contribution in [-0.2, 0) is 0 Å². The third kappa shape index (κ3) is 4.18. The highest BCUT2D eigenvalue weighted by Gasteiger charge is 2.28. The van der Waals surface area contributed by atoms with Gasteiger partial charge in [0.2, 0.25) is 0 Å². The van der Waals surface area contributed by atoms with Gasteiger partial charge in [-0.3, -0.25) is 4.98 Å². The van der Waals surface area contributed by atoms with Crippen molar-refractivity contribution in [2.75, 3.05) is 7.05 Å². The van der Waals surface area contributed by atoms with Crippen molar-refractivity contribution in [3.8, 4) is 0 Å². The van der Waals surface area contributed by atoms with Gasteiger partial charge in [-0.05, 0) is 32.0 Å². The van der Waals surface area contributed by atoms with E-state index in [2.05, 4.69) is 10.3 Å². The predicted molar refractivity (Wildman–Crippen MR) is 56.1 cm³/mol. The van der Waals surface area contributed by atoms with Crippen LogP contribution in [-0.4, -0.2) is 18.2 Å². The lowest BCUT2D eigenvalue weighted by Crippen LogP contribution is -2.19. The zero-order valence-electron chi connectivity index (χ0n) is 9.30. The first-order chi connectivity index (χ1) is 7.42. The maximum absolute atomic E-state index is 12.1. The maximum atomic E-state index is 12.1. The molecule has 1 rings (SSSR count). The molecule has 1 aromatic heterocycles. The van der Waals surface area contributed by atoms with Gasteiger partial charge in [-0.2, -0.15) is 13.2 Å². The van der Waals surface area contributed by atoms with Gasteiger partial charge in [0.1, 0.15) is 0 Å². The van der Waals surface area contributed by atoms with E-state index < -0.39 is 12.6 Å². The number of nitrogens with zero attached hydrogens (tertiary/aromatic N) is 1. The summed E-state index contributed by atoms with van der Waals surface area (Å²) in [4.78, 5) is 4.07. The van der Waals surface area contributed by atoms with Crippen molar-refractivity contribution in [2.24, 2.45) is 0 Å². The van der Waals surface area contributed by atoms with E-state index >= 15 is 0 Å². The summed E-state index contributed by atoms with van der Waals surface area (Å²) in [5.41, 5.74) is 1.65. The molecule has 1 heterocycles. The first kappa shape index (κ1) is 13.0. The Kier molecular flexibility index (Phi) is 4.29. The molecular formula is C11H15F3N2. The fourth-order valence-corrected chi connectivity index (χ4v) is 1.47. The smallest absolute Gasteiger partial charge is 0.313 e. The molecule has 0 saturated carbocycles. The molecule has 0 saturated heterocycles. The Balaban J connectivity index is 2.64. The molecule has 0 aromatic carbocycles. The monoisotopic (exact) mass is 232 g/mol. The van der Waals surface area contributed by atoms with Gasteiger partial charge in [0.15, 0.2) is 0 Å². The molecule has 0 bridgehead atoms. The lowest BCUT2D eigenvalue weighted by molar-refractivity contribution is -0.136. The van der Waals surface area contributed by atoms with Crippen LogP contribution >= 0.6 is 0 Å². The van der Waals surface area contributed by atoms with Crippen LogP contribution < -0.4 is 5.32 Å². The standard InChI is InChI=1S/C11H15F3N2/c1-8-3-4-9(7-16-8)10(15-2)5-6-11(12,13)14/h3-4,7,10,15H,5-6H2,1-2H3. The lowest BCUT2D eigenvalue weighted by Gasteiger charge is -2.17. The van der Waals surface area contributed by atoms with E-state index in [0.29, 0.717) is 0 Å². The van der Waals surface area contributed by atoms with Gasteiger partial charge in [-0.25, -0.2) is 0 Å². The maximum Gasteiger partial charge on any atom is 0.389 e. The Labute approximate surface area is 92.9 Å². The van der Waals surface area contributed by atoms with Crippen LogP contribution in [0.25, 0.3) is 0 Å². The van der Waals surface area contributed by atoms with E-state index in [0.717, 1.165) is 11.3 Å². The van der Waals surface area contributed by atoms with E-state index in [1.165, 1.54) is 0 Å². The largest absolute Gasteiger partial charge is 0.389 e. The molecule has 0 spiro atoms. The first-order valence-corrected chi connectivity index (χ1v) is 5.09. The van der Waals surface area contributed by atoms with E-state index in [-0.39, 0.29) is 12.5 Å². The molecule has 1 unspecified atom stereocenters. The quantitative estimate of drug-likeness (QED) is 0.863. The summed E-state index contributed by atoms with van der Waals surface area (Å²) >= 11 is 0. The average Bonchev–Trinajstić information content (AvgIpc) is 2.20. The Morgan fingerprint density at radius 2 is 2.06 bits per heavy atom. The summed E-state index contributed by atoms with van der Waals surface area (Å²) in [5, 5.41) is 2.87. The molecule has 0 fully saturated rings. The first-order valence-electron chi connectivity index (χ1n) is 5.09. The molecule has 5 heteroatoms. The van der Waals surface area contributed by atoms with E-state index in [1.807, 2.05) is 6.92 Å². The van der Waals surface area contributed by atoms with Gasteiger partial charge in [0.05, 0.1) is 0 Å². The summed E-state index contributed by atoms with van der Waals surface area (Å²) in [6.07, 6.45) is -3.24. The molecule has 90 valence electrons. The number of nitrogens with one attached hydrogen (secondary N) is 1. The minimum absolute atomic E-state index is 0.0325. The number of aromatic nitrogens is 1. The van der Waals surface area contributed by atoms with Crippen LogP contribution in [0, 0.1) is 6.92 Å². The number of hydrogen-bond acceptors (Lipinski definition) is 2. The molecule has 2 nitrogen and oxygen atoms in total. The van der Waals surface area contributed by atoms with E-state index in [4.69, 9.17) is 0 Å². The lowest BCUT2D eigenvalue weighted by atomic mass is 10.0. The molecule has 0 amide bonds. The number of pyridine rings is 1. The van der Waals surface area contributed by atoms with Crippen LogP contribution in [0.2, 0.25) is 0 Å². The third-order valence-corrected chi connectivity index (χ3v) is 2.40. The normalized spacial score (nSPS) is 13.8. The van der Waals surface area contributed by atoms with Crippen LogP contribution in [0.3, 0.4) is 0 Å². The highest BCUT2D eigenvalue weighted by Crippen LogP contribution is 2.27. The highest BCUT2D eigenvalue weighted by atomic mass is 19.4. The zero-order chi connectivity index (χ0) is 12.2. The number of rotatable bonds is 4. The Bertz CT molecular complexity index is 319. The Morgan fingerprint density at radius 3 is 2.50 bits per heavy atom. The zero-order valence-corrected chi connectivity index (χ0v) is 9.30. The van der Waals surface area contributed by atoms with E-state index in [9.17, 15) is 13.2 Å². The summed E-state index contributed by atoms with van der Waals surface area (Å²) in [6.45, 7) is 1.84. The second kappa shape index (κ2) is 5.30. The van der Waals surface area contributed by atoms with Crippen molar-refractivity contribution in [1.29, 1.82) is 0 Å². The van der Waals surface area contributed by atoms with Crippen molar-refractivity contribution in [3.05, 3.63) is 29.6 Å². The van der Waals surface area contributed by atoms with Gasteiger partial charge in [-0.1, -0.05) is 6.07 Å². The molecule has 0 aliphatic rings. The van der Waals surface area contributed by atoms with Gasteiger partial charge >= 0.3 is 6.18 Å². The van der Waals surface area contributed by atoms with Crippen LogP contribution in [0.15, 0.2) is 18.3 Å². The van der Waals surface area contributed by atoms with Crippen molar-refractivity contribution in [1.82, 2.24) is 10.3 Å². The average molecular weight is 232 g/mol. The van der Waals surface area contributed by atoms with E-state index in [1.54, 1.807) is 25.4 Å². The molecule has 0 radical (unpaired) electrons. The van der Waals surface area contributed by atoms with Gasteiger partial charge in [-0.15, -0.1) is 0 Å². The molecular weight excluding hydrogens is 217 g/mol. The van der Waals surface area contributed by atoms with Crippen molar-refractivity contribution >= 4 is 0 Å². The minimum atomic E-state index is -4.10. The second-order valence-corrected chi connectivity index (χ2v) is 3.73. The number of halogens is 3. The van der Waals surface area contributed by atoms with Gasteiger partial charge in [0, 0.05) is 24.4 Å².